The Morgan fingerprint density at radius 3 is 2.22 bits per heavy atom. The van der Waals surface area contributed by atoms with Gasteiger partial charge in [-0.05, 0) is 58.7 Å². The highest BCUT2D eigenvalue weighted by Crippen LogP contribution is 2.27. The fourth-order valence-corrected chi connectivity index (χ4v) is 2.14. The van der Waals surface area contributed by atoms with Crippen molar-refractivity contribution in [3.05, 3.63) is 64.1 Å². The third-order valence-electron chi connectivity index (χ3n) is 2.67. The van der Waals surface area contributed by atoms with Gasteiger partial charge in [0.05, 0.1) is 0 Å². The lowest BCUT2D eigenvalue weighted by molar-refractivity contribution is 0.625. The molecule has 94 valence electrons. The topological polar surface area (TPSA) is 12.0 Å². The smallest absolute Gasteiger partial charge is 0.124 e. The van der Waals surface area contributed by atoms with Crippen LogP contribution in [0.15, 0.2) is 46.9 Å². The summed E-state index contributed by atoms with van der Waals surface area (Å²) in [6, 6.07) is 10.8. The summed E-state index contributed by atoms with van der Waals surface area (Å²) in [4.78, 5) is 0. The first-order valence-electron chi connectivity index (χ1n) is 5.53. The Morgan fingerprint density at radius 1 is 1.00 bits per heavy atom. The number of hydrogen-bond donors (Lipinski definition) is 1. The number of hydrogen-bond acceptors (Lipinski definition) is 1. The van der Waals surface area contributed by atoms with E-state index in [9.17, 15) is 8.78 Å². The van der Waals surface area contributed by atoms with Crippen molar-refractivity contribution >= 4 is 21.6 Å². The Balaban J connectivity index is 2.15. The summed E-state index contributed by atoms with van der Waals surface area (Å²) in [5, 5.41) is 3.24. The Hall–Kier alpha value is -1.42. The minimum Gasteiger partial charge on any atom is -0.378 e. The number of anilines is 1. The van der Waals surface area contributed by atoms with Gasteiger partial charge in [-0.2, -0.15) is 0 Å². The maximum Gasteiger partial charge on any atom is 0.124 e. The zero-order valence-electron chi connectivity index (χ0n) is 9.75. The van der Waals surface area contributed by atoms with Gasteiger partial charge in [-0.25, -0.2) is 8.78 Å². The molecule has 0 aliphatic heterocycles. The van der Waals surface area contributed by atoms with E-state index in [0.29, 0.717) is 4.47 Å². The summed E-state index contributed by atoms with van der Waals surface area (Å²) in [7, 11) is 0. The van der Waals surface area contributed by atoms with Gasteiger partial charge in [0.25, 0.3) is 0 Å². The molecule has 0 aliphatic carbocycles. The van der Waals surface area contributed by atoms with Crippen LogP contribution >= 0.6 is 15.9 Å². The molecule has 0 saturated carbocycles. The number of rotatable bonds is 3. The fourth-order valence-electron chi connectivity index (χ4n) is 1.67. The first-order chi connectivity index (χ1) is 8.56. The second-order valence-corrected chi connectivity index (χ2v) is 4.90. The molecule has 0 aromatic heterocycles. The highest BCUT2D eigenvalue weighted by atomic mass is 79.9. The van der Waals surface area contributed by atoms with E-state index in [1.807, 2.05) is 6.92 Å². The lowest BCUT2D eigenvalue weighted by atomic mass is 10.1. The van der Waals surface area contributed by atoms with Crippen LogP contribution in [0.4, 0.5) is 14.5 Å². The van der Waals surface area contributed by atoms with Crippen molar-refractivity contribution in [2.45, 2.75) is 13.0 Å². The third-order valence-corrected chi connectivity index (χ3v) is 3.33. The first-order valence-corrected chi connectivity index (χ1v) is 6.32. The van der Waals surface area contributed by atoms with Gasteiger partial charge in [-0.1, -0.05) is 12.1 Å². The molecule has 1 unspecified atom stereocenters. The summed E-state index contributed by atoms with van der Waals surface area (Å²) in [6.07, 6.45) is 0. The van der Waals surface area contributed by atoms with Gasteiger partial charge in [0.2, 0.25) is 0 Å². The number of halogens is 3. The SMILES string of the molecule is CC(Nc1ccc(F)cc1Br)c1ccc(F)cc1. The van der Waals surface area contributed by atoms with Crippen LogP contribution < -0.4 is 5.32 Å². The lowest BCUT2D eigenvalue weighted by Gasteiger charge is -2.17. The molecule has 2 rings (SSSR count). The molecule has 1 atom stereocenters. The van der Waals surface area contributed by atoms with Crippen LogP contribution in [0, 0.1) is 11.6 Å². The van der Waals surface area contributed by atoms with E-state index >= 15 is 0 Å². The molecular weight excluding hydrogens is 300 g/mol. The molecule has 0 fully saturated rings. The van der Waals surface area contributed by atoms with Crippen LogP contribution in [0.1, 0.15) is 18.5 Å². The normalized spacial score (nSPS) is 12.2. The Morgan fingerprint density at radius 2 is 1.61 bits per heavy atom. The summed E-state index contributed by atoms with van der Waals surface area (Å²) in [6.45, 7) is 1.96. The predicted molar refractivity (Wildman–Crippen MR) is 72.5 cm³/mol. The summed E-state index contributed by atoms with van der Waals surface area (Å²) >= 11 is 3.30. The minimum absolute atomic E-state index is 0.00682. The molecule has 1 N–H and O–H groups in total. The highest BCUT2D eigenvalue weighted by Gasteiger charge is 2.08. The van der Waals surface area contributed by atoms with E-state index in [1.54, 1.807) is 18.2 Å². The van der Waals surface area contributed by atoms with Crippen LogP contribution in [-0.2, 0) is 0 Å². The van der Waals surface area contributed by atoms with Gasteiger partial charge < -0.3 is 5.32 Å². The van der Waals surface area contributed by atoms with E-state index in [-0.39, 0.29) is 17.7 Å². The van der Waals surface area contributed by atoms with Gasteiger partial charge in [-0.15, -0.1) is 0 Å². The Bertz CT molecular complexity index is 540. The monoisotopic (exact) mass is 311 g/mol. The Kier molecular flexibility index (Phi) is 3.97. The predicted octanol–water partition coefficient (Wildman–Crippen LogP) is 4.90. The van der Waals surface area contributed by atoms with E-state index in [4.69, 9.17) is 0 Å². The molecule has 0 heterocycles. The molecule has 0 saturated heterocycles. The Labute approximate surface area is 113 Å². The molecular formula is C14H12BrF2N. The fraction of sp³-hybridized carbons (Fsp3) is 0.143. The van der Waals surface area contributed by atoms with Crippen molar-refractivity contribution < 1.29 is 8.78 Å². The maximum absolute atomic E-state index is 13.0. The van der Waals surface area contributed by atoms with Crippen LogP contribution in [0.5, 0.6) is 0 Å². The summed E-state index contributed by atoms with van der Waals surface area (Å²) in [5.41, 5.74) is 1.76. The molecule has 0 radical (unpaired) electrons. The molecule has 0 spiro atoms. The van der Waals surface area contributed by atoms with E-state index in [2.05, 4.69) is 21.2 Å². The average Bonchev–Trinajstić information content (AvgIpc) is 2.33. The second kappa shape index (κ2) is 5.48. The van der Waals surface area contributed by atoms with Crippen LogP contribution in [0.25, 0.3) is 0 Å². The molecule has 0 amide bonds. The average molecular weight is 312 g/mol. The quantitative estimate of drug-likeness (QED) is 0.850. The number of benzene rings is 2. The van der Waals surface area contributed by atoms with Gasteiger partial charge in [0.15, 0.2) is 0 Å². The molecule has 0 bridgehead atoms. The van der Waals surface area contributed by atoms with Gasteiger partial charge in [-0.3, -0.25) is 0 Å². The molecule has 0 aliphatic rings. The van der Waals surface area contributed by atoms with Gasteiger partial charge in [0, 0.05) is 16.2 Å². The first kappa shape index (κ1) is 13.0. The van der Waals surface area contributed by atoms with Crippen molar-refractivity contribution in [1.29, 1.82) is 0 Å². The van der Waals surface area contributed by atoms with E-state index in [1.165, 1.54) is 24.3 Å². The molecule has 4 heteroatoms. The highest BCUT2D eigenvalue weighted by molar-refractivity contribution is 9.10. The van der Waals surface area contributed by atoms with Crippen molar-refractivity contribution in [1.82, 2.24) is 0 Å². The largest absolute Gasteiger partial charge is 0.378 e. The molecule has 18 heavy (non-hydrogen) atoms. The second-order valence-electron chi connectivity index (χ2n) is 4.04. The summed E-state index contributed by atoms with van der Waals surface area (Å²) in [5.74, 6) is -0.546. The van der Waals surface area contributed by atoms with Crippen LogP contribution in [-0.4, -0.2) is 0 Å². The minimum atomic E-state index is -0.290. The molecule has 1 nitrogen and oxygen atoms in total. The molecule has 2 aromatic rings. The van der Waals surface area contributed by atoms with E-state index in [0.717, 1.165) is 11.3 Å². The van der Waals surface area contributed by atoms with Crippen molar-refractivity contribution in [2.75, 3.05) is 5.32 Å². The number of nitrogens with one attached hydrogen (secondary N) is 1. The standard InChI is InChI=1S/C14H12BrF2N/c1-9(10-2-4-11(16)5-3-10)18-14-7-6-12(17)8-13(14)15/h2-9,18H,1H3. The summed E-state index contributed by atoms with van der Waals surface area (Å²) < 4.78 is 26.4. The van der Waals surface area contributed by atoms with Gasteiger partial charge >= 0.3 is 0 Å². The molecule has 2 aromatic carbocycles. The van der Waals surface area contributed by atoms with Crippen LogP contribution in [0.2, 0.25) is 0 Å². The van der Waals surface area contributed by atoms with Gasteiger partial charge in [0.1, 0.15) is 11.6 Å². The van der Waals surface area contributed by atoms with Crippen molar-refractivity contribution in [2.24, 2.45) is 0 Å². The van der Waals surface area contributed by atoms with Crippen molar-refractivity contribution in [3.8, 4) is 0 Å². The van der Waals surface area contributed by atoms with Crippen molar-refractivity contribution in [3.63, 3.8) is 0 Å². The third kappa shape index (κ3) is 3.07. The van der Waals surface area contributed by atoms with Crippen LogP contribution in [0.3, 0.4) is 0 Å². The maximum atomic E-state index is 13.0. The van der Waals surface area contributed by atoms with E-state index < -0.39 is 0 Å². The lowest BCUT2D eigenvalue weighted by Crippen LogP contribution is -2.07. The zero-order valence-corrected chi connectivity index (χ0v) is 11.3. The zero-order chi connectivity index (χ0) is 13.1.